The van der Waals surface area contributed by atoms with E-state index in [1.54, 1.807) is 22.9 Å². The van der Waals surface area contributed by atoms with Gasteiger partial charge in [0, 0.05) is 36.2 Å². The average Bonchev–Trinajstić information content (AvgIpc) is 3.15. The number of pyridine rings is 1. The number of oxime groups is 1. The van der Waals surface area contributed by atoms with Gasteiger partial charge in [0.05, 0.1) is 6.20 Å². The fourth-order valence-corrected chi connectivity index (χ4v) is 3.34. The van der Waals surface area contributed by atoms with Crippen LogP contribution >= 0.6 is 0 Å². The van der Waals surface area contributed by atoms with Gasteiger partial charge in [0.25, 0.3) is 5.91 Å². The van der Waals surface area contributed by atoms with E-state index in [2.05, 4.69) is 15.5 Å². The van der Waals surface area contributed by atoms with Gasteiger partial charge in [-0.1, -0.05) is 23.4 Å². The number of nitrogens with zero attached hydrogens (tertiary/aromatic N) is 3. The van der Waals surface area contributed by atoms with Crippen LogP contribution in [0.2, 0.25) is 0 Å². The summed E-state index contributed by atoms with van der Waals surface area (Å²) >= 11 is 0. The summed E-state index contributed by atoms with van der Waals surface area (Å²) in [5.74, 6) is 0.367. The monoisotopic (exact) mass is 405 g/mol. The average molecular weight is 405 g/mol. The molecule has 2 heterocycles. The molecule has 1 aromatic carbocycles. The molecule has 4 rings (SSSR count). The largest absolute Gasteiger partial charge is 0.391 e. The van der Waals surface area contributed by atoms with Crippen LogP contribution in [0.15, 0.2) is 53.9 Å². The highest BCUT2D eigenvalue weighted by atomic mass is 16.6. The summed E-state index contributed by atoms with van der Waals surface area (Å²) in [5.41, 5.74) is 9.35. The van der Waals surface area contributed by atoms with Crippen molar-refractivity contribution >= 4 is 28.9 Å². The Morgan fingerprint density at radius 2 is 2.13 bits per heavy atom. The van der Waals surface area contributed by atoms with E-state index < -0.39 is 0 Å². The number of imidazole rings is 1. The third-order valence-corrected chi connectivity index (χ3v) is 5.39. The molecular weight excluding hydrogens is 382 g/mol. The number of fused-ring (bicyclic) bond motifs is 1. The van der Waals surface area contributed by atoms with Gasteiger partial charge in [0.2, 0.25) is 0 Å². The molecule has 154 valence electrons. The van der Waals surface area contributed by atoms with Crippen molar-refractivity contribution in [1.82, 2.24) is 9.38 Å². The summed E-state index contributed by atoms with van der Waals surface area (Å²) < 4.78 is 1.73. The third-order valence-electron chi connectivity index (χ3n) is 5.39. The molecule has 0 spiro atoms. The van der Waals surface area contributed by atoms with Gasteiger partial charge in [-0.3, -0.25) is 14.0 Å². The molecule has 1 aliphatic rings. The molecule has 0 radical (unpaired) electrons. The van der Waals surface area contributed by atoms with Crippen LogP contribution in [-0.2, 0) is 9.63 Å². The second-order valence-electron chi connectivity index (χ2n) is 7.55. The van der Waals surface area contributed by atoms with Crippen LogP contribution in [0.4, 0.5) is 5.69 Å². The zero-order valence-electron chi connectivity index (χ0n) is 16.8. The normalized spacial score (nSPS) is 15.7. The van der Waals surface area contributed by atoms with E-state index in [0.717, 1.165) is 5.56 Å². The summed E-state index contributed by atoms with van der Waals surface area (Å²) in [6, 6.07) is 11.0. The van der Waals surface area contributed by atoms with E-state index in [-0.39, 0.29) is 29.5 Å². The summed E-state index contributed by atoms with van der Waals surface area (Å²) in [5, 5.41) is 6.94. The predicted octanol–water partition coefficient (Wildman–Crippen LogP) is 2.90. The van der Waals surface area contributed by atoms with E-state index >= 15 is 0 Å². The van der Waals surface area contributed by atoms with Gasteiger partial charge in [-0.15, -0.1) is 0 Å². The lowest BCUT2D eigenvalue weighted by Crippen LogP contribution is -2.33. The highest BCUT2D eigenvalue weighted by Gasteiger charge is 2.32. The topological polar surface area (TPSA) is 111 Å². The zero-order chi connectivity index (χ0) is 21.3. The first kappa shape index (κ1) is 19.6. The number of nitrogens with two attached hydrogens (primary N) is 1. The highest BCUT2D eigenvalue weighted by molar-refractivity contribution is 6.05. The first-order valence-electron chi connectivity index (χ1n) is 9.78. The number of carbonyl (C=O) groups is 2. The van der Waals surface area contributed by atoms with Crippen molar-refractivity contribution in [2.24, 2.45) is 16.8 Å². The summed E-state index contributed by atoms with van der Waals surface area (Å²) in [6.07, 6.45) is 4.21. The molecule has 2 aromatic heterocycles. The molecular formula is C22H23N5O3. The number of amidine groups is 1. The number of ketones is 1. The standard InChI is InChI=1S/C22H23N5O3/c1-13-6-7-15(21(23)26-30-14(2)16-9-17(28)10-16)11-18(13)25-22(29)19-12-24-20-5-3-4-8-27(19)20/h3-8,11-12,14,16H,9-10H2,1-2H3,(H2,23,26)(H,25,29). The number of aromatic nitrogens is 2. The van der Waals surface area contributed by atoms with Gasteiger partial charge >= 0.3 is 0 Å². The summed E-state index contributed by atoms with van der Waals surface area (Å²) in [6.45, 7) is 3.78. The summed E-state index contributed by atoms with van der Waals surface area (Å²) in [7, 11) is 0. The van der Waals surface area contributed by atoms with Crippen LogP contribution in [0.25, 0.3) is 5.65 Å². The Morgan fingerprint density at radius 1 is 1.33 bits per heavy atom. The molecule has 3 N–H and O–H groups in total. The van der Waals surface area contributed by atoms with E-state index in [0.29, 0.717) is 35.4 Å². The van der Waals surface area contributed by atoms with Crippen LogP contribution in [0.5, 0.6) is 0 Å². The quantitative estimate of drug-likeness (QED) is 0.372. The smallest absolute Gasteiger partial charge is 0.274 e. The lowest BCUT2D eigenvalue weighted by Gasteiger charge is -2.28. The van der Waals surface area contributed by atoms with Crippen LogP contribution < -0.4 is 11.1 Å². The number of anilines is 1. The molecule has 30 heavy (non-hydrogen) atoms. The van der Waals surface area contributed by atoms with Gasteiger partial charge in [0.1, 0.15) is 23.2 Å². The fraction of sp³-hybridized carbons (Fsp3) is 0.273. The zero-order valence-corrected chi connectivity index (χ0v) is 16.8. The lowest BCUT2D eigenvalue weighted by molar-refractivity contribution is -0.131. The SMILES string of the molecule is Cc1ccc(/C(N)=N/OC(C)C2CC(=O)C2)cc1NC(=O)c1cnc2ccccn12. The highest BCUT2D eigenvalue weighted by Crippen LogP contribution is 2.28. The second kappa shape index (κ2) is 7.98. The Morgan fingerprint density at radius 3 is 2.90 bits per heavy atom. The van der Waals surface area contributed by atoms with E-state index in [1.807, 2.05) is 44.2 Å². The molecule has 1 fully saturated rings. The van der Waals surface area contributed by atoms with Crippen LogP contribution in [0.1, 0.15) is 41.4 Å². The molecule has 1 amide bonds. The van der Waals surface area contributed by atoms with E-state index in [9.17, 15) is 9.59 Å². The number of rotatable bonds is 6. The molecule has 0 aliphatic heterocycles. The maximum atomic E-state index is 12.8. The molecule has 1 atom stereocenters. The van der Waals surface area contributed by atoms with Crippen molar-refractivity contribution < 1.29 is 14.4 Å². The van der Waals surface area contributed by atoms with E-state index in [4.69, 9.17) is 10.6 Å². The van der Waals surface area contributed by atoms with Gasteiger partial charge in [-0.2, -0.15) is 0 Å². The van der Waals surface area contributed by atoms with Crippen molar-refractivity contribution in [3.05, 3.63) is 65.6 Å². The Kier molecular flexibility index (Phi) is 5.22. The Labute approximate surface area is 173 Å². The van der Waals surface area contributed by atoms with Crippen molar-refractivity contribution in [2.75, 3.05) is 5.32 Å². The molecule has 1 unspecified atom stereocenters. The number of hydrogen-bond donors (Lipinski definition) is 2. The van der Waals surface area contributed by atoms with Crippen molar-refractivity contribution in [3.8, 4) is 0 Å². The Bertz CT molecular complexity index is 1140. The number of nitrogens with one attached hydrogen (secondary N) is 1. The molecule has 8 heteroatoms. The molecule has 1 aliphatic carbocycles. The van der Waals surface area contributed by atoms with Crippen LogP contribution in [-0.4, -0.2) is 33.0 Å². The van der Waals surface area contributed by atoms with Gasteiger partial charge < -0.3 is 15.9 Å². The van der Waals surface area contributed by atoms with Gasteiger partial charge in [0.15, 0.2) is 5.84 Å². The molecule has 1 saturated carbocycles. The fourth-order valence-electron chi connectivity index (χ4n) is 3.34. The number of hydrogen-bond acceptors (Lipinski definition) is 5. The minimum absolute atomic E-state index is 0.180. The van der Waals surface area contributed by atoms with Gasteiger partial charge in [-0.25, -0.2) is 4.98 Å². The first-order valence-corrected chi connectivity index (χ1v) is 9.78. The number of benzene rings is 1. The molecule has 8 nitrogen and oxygen atoms in total. The predicted molar refractivity (Wildman–Crippen MR) is 113 cm³/mol. The first-order chi connectivity index (χ1) is 14.4. The minimum atomic E-state index is -0.274. The van der Waals surface area contributed by atoms with E-state index in [1.165, 1.54) is 0 Å². The Hall–Kier alpha value is -3.68. The maximum Gasteiger partial charge on any atom is 0.274 e. The van der Waals surface area contributed by atoms with Crippen molar-refractivity contribution in [2.45, 2.75) is 32.8 Å². The van der Waals surface area contributed by atoms with Crippen molar-refractivity contribution in [1.29, 1.82) is 0 Å². The second-order valence-corrected chi connectivity index (χ2v) is 7.55. The molecule has 0 bridgehead atoms. The Balaban J connectivity index is 1.49. The number of Topliss-reactive ketones (excluding diaryl/α,β-unsaturated/α-hetero) is 1. The minimum Gasteiger partial charge on any atom is -0.391 e. The lowest BCUT2D eigenvalue weighted by atomic mass is 9.80. The summed E-state index contributed by atoms with van der Waals surface area (Å²) in [4.78, 5) is 33.7. The third kappa shape index (κ3) is 3.89. The molecule has 0 saturated heterocycles. The van der Waals surface area contributed by atoms with Crippen LogP contribution in [0, 0.1) is 12.8 Å². The van der Waals surface area contributed by atoms with Crippen molar-refractivity contribution in [3.63, 3.8) is 0 Å². The molecule has 3 aromatic rings. The number of aryl methyl sites for hydroxylation is 1. The van der Waals surface area contributed by atoms with Gasteiger partial charge in [-0.05, 0) is 37.6 Å². The maximum absolute atomic E-state index is 12.8. The number of carbonyl (C=O) groups excluding carboxylic acids is 2. The number of amides is 1. The van der Waals surface area contributed by atoms with Crippen LogP contribution in [0.3, 0.4) is 0 Å².